The van der Waals surface area contributed by atoms with Gasteiger partial charge in [-0.1, -0.05) is 18.2 Å². The van der Waals surface area contributed by atoms with Gasteiger partial charge < -0.3 is 19.0 Å². The van der Waals surface area contributed by atoms with E-state index in [0.717, 1.165) is 24.5 Å². The molecule has 3 rings (SSSR count). The van der Waals surface area contributed by atoms with E-state index in [1.807, 2.05) is 31.2 Å². The van der Waals surface area contributed by atoms with E-state index in [4.69, 9.17) is 9.15 Å². The molecule has 6 nitrogen and oxygen atoms in total. The first-order chi connectivity index (χ1) is 12.6. The molecule has 0 atom stereocenters. The molecule has 1 aliphatic heterocycles. The maximum Gasteiger partial charge on any atom is 0.331 e. The van der Waals surface area contributed by atoms with Gasteiger partial charge in [0, 0.05) is 37.9 Å². The van der Waals surface area contributed by atoms with Gasteiger partial charge >= 0.3 is 5.97 Å². The number of anilines is 1. The Morgan fingerprint density at radius 3 is 2.46 bits per heavy atom. The number of para-hydroxylation sites is 1. The molecule has 2 heterocycles. The largest absolute Gasteiger partial charge is 0.462 e. The summed E-state index contributed by atoms with van der Waals surface area (Å²) in [6, 6.07) is 13.7. The number of amides is 1. The van der Waals surface area contributed by atoms with Crippen LogP contribution in [0.15, 0.2) is 53.0 Å². The predicted molar refractivity (Wildman–Crippen MR) is 98.7 cm³/mol. The number of hydrogen-bond acceptors (Lipinski definition) is 5. The average Bonchev–Trinajstić information content (AvgIpc) is 3.10. The number of aryl methyl sites for hydroxylation is 1. The predicted octanol–water partition coefficient (Wildman–Crippen LogP) is 2.49. The zero-order valence-electron chi connectivity index (χ0n) is 14.8. The lowest BCUT2D eigenvalue weighted by atomic mass is 10.2. The van der Waals surface area contributed by atoms with Gasteiger partial charge in [0.2, 0.25) is 0 Å². The summed E-state index contributed by atoms with van der Waals surface area (Å²) in [4.78, 5) is 27.9. The zero-order valence-corrected chi connectivity index (χ0v) is 14.8. The van der Waals surface area contributed by atoms with E-state index < -0.39 is 5.97 Å². The molecule has 6 heteroatoms. The number of rotatable bonds is 5. The monoisotopic (exact) mass is 354 g/mol. The highest BCUT2D eigenvalue weighted by Crippen LogP contribution is 2.15. The Hall–Kier alpha value is -3.02. The summed E-state index contributed by atoms with van der Waals surface area (Å²) in [6.07, 6.45) is 2.79. The lowest BCUT2D eigenvalue weighted by molar-refractivity contribution is -0.148. The third kappa shape index (κ3) is 4.75. The fraction of sp³-hybridized carbons (Fsp3) is 0.300. The molecule has 1 aliphatic rings. The van der Waals surface area contributed by atoms with Crippen LogP contribution in [0.1, 0.15) is 11.5 Å². The second kappa shape index (κ2) is 8.38. The molecule has 1 fully saturated rings. The van der Waals surface area contributed by atoms with Crippen LogP contribution in [0, 0.1) is 6.92 Å². The highest BCUT2D eigenvalue weighted by atomic mass is 16.5. The summed E-state index contributed by atoms with van der Waals surface area (Å²) in [7, 11) is 0. The van der Waals surface area contributed by atoms with Crippen molar-refractivity contribution in [2.45, 2.75) is 6.92 Å². The molecule has 1 aromatic heterocycles. The van der Waals surface area contributed by atoms with Crippen LogP contribution in [0.5, 0.6) is 0 Å². The third-order valence-electron chi connectivity index (χ3n) is 4.24. The van der Waals surface area contributed by atoms with Crippen molar-refractivity contribution in [3.63, 3.8) is 0 Å². The van der Waals surface area contributed by atoms with Crippen molar-refractivity contribution in [2.75, 3.05) is 37.7 Å². The summed E-state index contributed by atoms with van der Waals surface area (Å²) in [5, 5.41) is 0. The number of piperazine rings is 1. The molecular weight excluding hydrogens is 332 g/mol. The molecule has 0 radical (unpaired) electrons. The van der Waals surface area contributed by atoms with Crippen molar-refractivity contribution in [1.29, 1.82) is 0 Å². The van der Waals surface area contributed by atoms with E-state index in [1.165, 1.54) is 12.2 Å². The second-order valence-corrected chi connectivity index (χ2v) is 6.09. The molecule has 2 aromatic rings. The molecule has 0 unspecified atom stereocenters. The molecule has 1 aromatic carbocycles. The van der Waals surface area contributed by atoms with Gasteiger partial charge in [0.05, 0.1) is 0 Å². The number of carbonyl (C=O) groups excluding carboxylic acids is 2. The Kier molecular flexibility index (Phi) is 5.73. The first kappa shape index (κ1) is 17.8. The van der Waals surface area contributed by atoms with Crippen molar-refractivity contribution in [2.24, 2.45) is 0 Å². The number of nitrogens with zero attached hydrogens (tertiary/aromatic N) is 2. The van der Waals surface area contributed by atoms with E-state index in [9.17, 15) is 9.59 Å². The summed E-state index contributed by atoms with van der Waals surface area (Å²) in [6.45, 7) is 4.35. The molecule has 0 spiro atoms. The average molecular weight is 354 g/mol. The van der Waals surface area contributed by atoms with Crippen molar-refractivity contribution < 1.29 is 18.7 Å². The van der Waals surface area contributed by atoms with Crippen LogP contribution in [0.4, 0.5) is 5.69 Å². The maximum atomic E-state index is 12.2. The first-order valence-corrected chi connectivity index (χ1v) is 8.61. The summed E-state index contributed by atoms with van der Waals surface area (Å²) in [5.74, 6) is 0.606. The van der Waals surface area contributed by atoms with Crippen LogP contribution in [-0.2, 0) is 14.3 Å². The molecule has 0 N–H and O–H groups in total. The number of furan rings is 1. The first-order valence-electron chi connectivity index (χ1n) is 8.61. The van der Waals surface area contributed by atoms with Gasteiger partial charge in [0.25, 0.3) is 5.91 Å². The Labute approximate surface area is 152 Å². The topological polar surface area (TPSA) is 63.0 Å². The normalized spacial score (nSPS) is 14.7. The maximum absolute atomic E-state index is 12.2. The standard InChI is InChI=1S/C20H22N2O4/c1-16-7-8-18(26-16)9-10-20(24)25-15-19(23)22-13-11-21(12-14-22)17-5-3-2-4-6-17/h2-10H,11-15H2,1H3/b10-9-. The number of carbonyl (C=O) groups is 2. The van der Waals surface area contributed by atoms with Crippen LogP contribution < -0.4 is 4.90 Å². The molecule has 1 amide bonds. The summed E-state index contributed by atoms with van der Waals surface area (Å²) in [5.41, 5.74) is 1.16. The Morgan fingerprint density at radius 2 is 1.81 bits per heavy atom. The van der Waals surface area contributed by atoms with E-state index in [-0.39, 0.29) is 12.5 Å². The molecule has 26 heavy (non-hydrogen) atoms. The highest BCUT2D eigenvalue weighted by molar-refractivity contribution is 5.89. The number of hydrogen-bond donors (Lipinski definition) is 0. The summed E-state index contributed by atoms with van der Waals surface area (Å²) >= 11 is 0. The van der Waals surface area contributed by atoms with Gasteiger partial charge in [-0.05, 0) is 37.3 Å². The van der Waals surface area contributed by atoms with Gasteiger partial charge in [-0.25, -0.2) is 4.79 Å². The number of esters is 1. The zero-order chi connectivity index (χ0) is 18.4. The van der Waals surface area contributed by atoms with E-state index in [2.05, 4.69) is 17.0 Å². The molecular formula is C20H22N2O4. The van der Waals surface area contributed by atoms with Gasteiger partial charge in [-0.2, -0.15) is 0 Å². The van der Waals surface area contributed by atoms with E-state index in [1.54, 1.807) is 11.0 Å². The number of ether oxygens (including phenoxy) is 1. The van der Waals surface area contributed by atoms with Crippen LogP contribution in [0.3, 0.4) is 0 Å². The lowest BCUT2D eigenvalue weighted by Gasteiger charge is -2.36. The minimum absolute atomic E-state index is 0.173. The van der Waals surface area contributed by atoms with Gasteiger partial charge in [0.1, 0.15) is 11.5 Å². The SMILES string of the molecule is Cc1ccc(/C=C\C(=O)OCC(=O)N2CCN(c3ccccc3)CC2)o1. The molecule has 0 saturated carbocycles. The van der Waals surface area contributed by atoms with Crippen LogP contribution in [-0.4, -0.2) is 49.6 Å². The van der Waals surface area contributed by atoms with Gasteiger partial charge in [-0.3, -0.25) is 4.79 Å². The minimum atomic E-state index is -0.560. The van der Waals surface area contributed by atoms with E-state index in [0.29, 0.717) is 18.8 Å². The van der Waals surface area contributed by atoms with Crippen molar-refractivity contribution in [3.8, 4) is 0 Å². The second-order valence-electron chi connectivity index (χ2n) is 6.09. The van der Waals surface area contributed by atoms with Crippen molar-refractivity contribution in [1.82, 2.24) is 4.90 Å². The van der Waals surface area contributed by atoms with Crippen molar-refractivity contribution in [3.05, 3.63) is 60.1 Å². The van der Waals surface area contributed by atoms with Gasteiger partial charge in [-0.15, -0.1) is 0 Å². The Morgan fingerprint density at radius 1 is 1.08 bits per heavy atom. The molecule has 0 bridgehead atoms. The smallest absolute Gasteiger partial charge is 0.331 e. The molecule has 136 valence electrons. The minimum Gasteiger partial charge on any atom is -0.462 e. The molecule has 1 saturated heterocycles. The third-order valence-corrected chi connectivity index (χ3v) is 4.24. The van der Waals surface area contributed by atoms with Crippen LogP contribution in [0.25, 0.3) is 6.08 Å². The fourth-order valence-corrected chi connectivity index (χ4v) is 2.82. The quantitative estimate of drug-likeness (QED) is 0.610. The highest BCUT2D eigenvalue weighted by Gasteiger charge is 2.21. The summed E-state index contributed by atoms with van der Waals surface area (Å²) < 4.78 is 10.4. The van der Waals surface area contributed by atoms with Crippen molar-refractivity contribution >= 4 is 23.6 Å². The Balaban J connectivity index is 1.41. The van der Waals surface area contributed by atoms with E-state index >= 15 is 0 Å². The number of benzene rings is 1. The fourth-order valence-electron chi connectivity index (χ4n) is 2.82. The van der Waals surface area contributed by atoms with Crippen LogP contribution >= 0.6 is 0 Å². The van der Waals surface area contributed by atoms with Gasteiger partial charge in [0.15, 0.2) is 6.61 Å². The lowest BCUT2D eigenvalue weighted by Crippen LogP contribution is -2.49. The Bertz CT molecular complexity index is 774. The van der Waals surface area contributed by atoms with Crippen LogP contribution in [0.2, 0.25) is 0 Å². The molecule has 0 aliphatic carbocycles.